The predicted molar refractivity (Wildman–Crippen MR) is 72.1 cm³/mol. The number of furan rings is 1. The zero-order valence-corrected chi connectivity index (χ0v) is 11.7. The fourth-order valence-corrected chi connectivity index (χ4v) is 2.23. The summed E-state index contributed by atoms with van der Waals surface area (Å²) in [4.78, 5) is 0.00526. The van der Waals surface area contributed by atoms with Gasteiger partial charge in [0.2, 0.25) is 0 Å². The Morgan fingerprint density at radius 1 is 1.24 bits per heavy atom. The van der Waals surface area contributed by atoms with Gasteiger partial charge in [0.1, 0.15) is 11.5 Å². The van der Waals surface area contributed by atoms with Crippen molar-refractivity contribution in [3.63, 3.8) is 0 Å². The molecule has 1 unspecified atom stereocenters. The lowest BCUT2D eigenvalue weighted by Crippen LogP contribution is -1.93. The van der Waals surface area contributed by atoms with Crippen molar-refractivity contribution in [2.75, 3.05) is 6.61 Å². The first-order valence-electron chi connectivity index (χ1n) is 5.32. The van der Waals surface area contributed by atoms with E-state index < -0.39 is 0 Å². The van der Waals surface area contributed by atoms with E-state index in [1.54, 1.807) is 6.07 Å². The Morgan fingerprint density at radius 2 is 1.94 bits per heavy atom. The van der Waals surface area contributed by atoms with Gasteiger partial charge in [-0.2, -0.15) is 0 Å². The SMILES string of the molecule is CCOc1ccc(C(Br)c2ccc(Cl)o2)cc1. The molecule has 0 aliphatic rings. The van der Waals surface area contributed by atoms with Crippen LogP contribution in [-0.2, 0) is 0 Å². The van der Waals surface area contributed by atoms with E-state index in [4.69, 9.17) is 20.8 Å². The number of hydrogen-bond acceptors (Lipinski definition) is 2. The van der Waals surface area contributed by atoms with Crippen molar-refractivity contribution in [2.24, 2.45) is 0 Å². The molecule has 0 radical (unpaired) electrons. The van der Waals surface area contributed by atoms with Gasteiger partial charge in [0.05, 0.1) is 11.4 Å². The standard InChI is InChI=1S/C13H12BrClO2/c1-2-16-10-5-3-9(4-6-10)13(14)11-7-8-12(15)17-11/h3-8,13H,2H2,1H3. The molecule has 0 fully saturated rings. The Labute approximate surface area is 114 Å². The highest BCUT2D eigenvalue weighted by Gasteiger charge is 2.14. The second-order valence-electron chi connectivity index (χ2n) is 3.51. The van der Waals surface area contributed by atoms with Gasteiger partial charge >= 0.3 is 0 Å². The van der Waals surface area contributed by atoms with Gasteiger partial charge < -0.3 is 9.15 Å². The molecule has 0 N–H and O–H groups in total. The molecule has 2 aromatic rings. The minimum atomic E-state index is 0.00526. The van der Waals surface area contributed by atoms with Gasteiger partial charge in [-0.05, 0) is 48.4 Å². The summed E-state index contributed by atoms with van der Waals surface area (Å²) in [5.74, 6) is 1.66. The summed E-state index contributed by atoms with van der Waals surface area (Å²) < 4.78 is 10.8. The fraction of sp³-hybridized carbons (Fsp3) is 0.231. The maximum atomic E-state index is 5.75. The summed E-state index contributed by atoms with van der Waals surface area (Å²) in [6, 6.07) is 11.5. The van der Waals surface area contributed by atoms with E-state index in [0.29, 0.717) is 11.8 Å². The Balaban J connectivity index is 2.16. The molecule has 1 heterocycles. The van der Waals surface area contributed by atoms with E-state index in [9.17, 15) is 0 Å². The summed E-state index contributed by atoms with van der Waals surface area (Å²) in [5, 5.41) is 0.399. The molecule has 2 nitrogen and oxygen atoms in total. The Morgan fingerprint density at radius 3 is 2.47 bits per heavy atom. The minimum Gasteiger partial charge on any atom is -0.494 e. The third-order valence-corrected chi connectivity index (χ3v) is 3.51. The van der Waals surface area contributed by atoms with E-state index >= 15 is 0 Å². The second kappa shape index (κ2) is 5.61. The molecule has 0 aliphatic carbocycles. The number of alkyl halides is 1. The molecule has 1 atom stereocenters. The maximum Gasteiger partial charge on any atom is 0.193 e. The Bertz CT molecular complexity index is 478. The van der Waals surface area contributed by atoms with Gasteiger partial charge in [-0.3, -0.25) is 0 Å². The first kappa shape index (κ1) is 12.5. The van der Waals surface area contributed by atoms with E-state index in [1.807, 2.05) is 37.3 Å². The van der Waals surface area contributed by atoms with E-state index in [1.165, 1.54) is 0 Å². The van der Waals surface area contributed by atoms with Gasteiger partial charge in [-0.25, -0.2) is 0 Å². The van der Waals surface area contributed by atoms with Gasteiger partial charge in [0, 0.05) is 0 Å². The molecule has 0 saturated carbocycles. The fourth-order valence-electron chi connectivity index (χ4n) is 1.53. The third-order valence-electron chi connectivity index (χ3n) is 2.33. The van der Waals surface area contributed by atoms with E-state index in [2.05, 4.69) is 15.9 Å². The Hall–Kier alpha value is -0.930. The van der Waals surface area contributed by atoms with Gasteiger partial charge in [-0.15, -0.1) is 0 Å². The molecule has 0 amide bonds. The summed E-state index contributed by atoms with van der Waals surface area (Å²) in [5.41, 5.74) is 1.10. The molecule has 1 aromatic heterocycles. The van der Waals surface area contributed by atoms with Crippen LogP contribution in [0.25, 0.3) is 0 Å². The average molecular weight is 316 g/mol. The minimum absolute atomic E-state index is 0.00526. The maximum absolute atomic E-state index is 5.75. The number of benzene rings is 1. The molecule has 90 valence electrons. The largest absolute Gasteiger partial charge is 0.494 e. The smallest absolute Gasteiger partial charge is 0.193 e. The van der Waals surface area contributed by atoms with Crippen LogP contribution in [0.3, 0.4) is 0 Å². The van der Waals surface area contributed by atoms with Crippen LogP contribution in [0.15, 0.2) is 40.8 Å². The van der Waals surface area contributed by atoms with Crippen LogP contribution >= 0.6 is 27.5 Å². The molecule has 17 heavy (non-hydrogen) atoms. The number of hydrogen-bond donors (Lipinski definition) is 0. The molecule has 0 bridgehead atoms. The van der Waals surface area contributed by atoms with Crippen LogP contribution < -0.4 is 4.74 Å². The van der Waals surface area contributed by atoms with Crippen molar-refractivity contribution < 1.29 is 9.15 Å². The van der Waals surface area contributed by atoms with Gasteiger partial charge in [0.25, 0.3) is 0 Å². The molecule has 0 aliphatic heterocycles. The van der Waals surface area contributed by atoms with Crippen LogP contribution in [0, 0.1) is 0 Å². The molecule has 1 aromatic carbocycles. The van der Waals surface area contributed by atoms with Crippen molar-refractivity contribution >= 4 is 27.5 Å². The number of halogens is 2. The second-order valence-corrected chi connectivity index (χ2v) is 4.79. The summed E-state index contributed by atoms with van der Waals surface area (Å²) in [6.07, 6.45) is 0. The van der Waals surface area contributed by atoms with Gasteiger partial charge in [-0.1, -0.05) is 28.1 Å². The number of ether oxygens (including phenoxy) is 1. The van der Waals surface area contributed by atoms with E-state index in [0.717, 1.165) is 17.1 Å². The first-order valence-corrected chi connectivity index (χ1v) is 6.62. The van der Waals surface area contributed by atoms with Crippen molar-refractivity contribution in [3.8, 4) is 5.75 Å². The highest BCUT2D eigenvalue weighted by atomic mass is 79.9. The van der Waals surface area contributed by atoms with Crippen molar-refractivity contribution in [2.45, 2.75) is 11.8 Å². The molecule has 4 heteroatoms. The number of rotatable bonds is 4. The van der Waals surface area contributed by atoms with Crippen LogP contribution in [0.5, 0.6) is 5.75 Å². The predicted octanol–water partition coefficient (Wildman–Crippen LogP) is 4.82. The summed E-state index contributed by atoms with van der Waals surface area (Å²) in [6.45, 7) is 2.64. The first-order chi connectivity index (χ1) is 8.20. The van der Waals surface area contributed by atoms with Crippen LogP contribution in [0.1, 0.15) is 23.1 Å². The molecular formula is C13H12BrClO2. The lowest BCUT2D eigenvalue weighted by Gasteiger charge is -2.08. The quantitative estimate of drug-likeness (QED) is 0.755. The van der Waals surface area contributed by atoms with Crippen molar-refractivity contribution in [1.29, 1.82) is 0 Å². The topological polar surface area (TPSA) is 22.4 Å². The summed E-state index contributed by atoms with van der Waals surface area (Å²) >= 11 is 9.33. The summed E-state index contributed by atoms with van der Waals surface area (Å²) in [7, 11) is 0. The normalized spacial score (nSPS) is 12.4. The molecule has 0 saturated heterocycles. The van der Waals surface area contributed by atoms with E-state index in [-0.39, 0.29) is 4.83 Å². The van der Waals surface area contributed by atoms with Crippen LogP contribution in [0.2, 0.25) is 5.22 Å². The zero-order chi connectivity index (χ0) is 12.3. The molecule has 0 spiro atoms. The highest BCUT2D eigenvalue weighted by Crippen LogP contribution is 2.33. The van der Waals surface area contributed by atoms with Gasteiger partial charge in [0.15, 0.2) is 5.22 Å². The molecular weight excluding hydrogens is 303 g/mol. The zero-order valence-electron chi connectivity index (χ0n) is 9.32. The lowest BCUT2D eigenvalue weighted by molar-refractivity contribution is 0.340. The lowest BCUT2D eigenvalue weighted by atomic mass is 10.1. The van der Waals surface area contributed by atoms with Crippen molar-refractivity contribution in [1.82, 2.24) is 0 Å². The highest BCUT2D eigenvalue weighted by molar-refractivity contribution is 9.09. The Kier molecular flexibility index (Phi) is 4.13. The van der Waals surface area contributed by atoms with Crippen molar-refractivity contribution in [3.05, 3.63) is 52.9 Å². The monoisotopic (exact) mass is 314 g/mol. The van der Waals surface area contributed by atoms with Crippen LogP contribution in [0.4, 0.5) is 0 Å². The van der Waals surface area contributed by atoms with Crippen LogP contribution in [-0.4, -0.2) is 6.61 Å². The molecule has 2 rings (SSSR count). The average Bonchev–Trinajstić information content (AvgIpc) is 2.76. The third kappa shape index (κ3) is 3.05.